The molecule has 0 spiro atoms. The number of hydrogen-bond acceptors (Lipinski definition) is 10. The standard InChI is InChI=1S/C30H38N4O9S/c1-16(35)21-25-30(2,10-11-42-29(41)43-14-17-8-6-5-7-9-17)22(24(28(39)40)34(25)26(21)38)19-13-33-15-31-23(27(33)44-19)18(36)12-20(37)32(3)4/h13,15-17,21,25,35H,5-12,14H2,1-4H3,(H,39,40)/t16-,21-,25-,30?/m1/s1. The molecule has 1 saturated carbocycles. The monoisotopic (exact) mass is 630 g/mol. The summed E-state index contributed by atoms with van der Waals surface area (Å²) in [7, 11) is 3.10. The molecule has 5 rings (SSSR count). The molecule has 3 aliphatic rings. The number of thiazole rings is 1. The van der Waals surface area contributed by atoms with Crippen LogP contribution in [-0.4, -0.2) is 98.6 Å². The van der Waals surface area contributed by atoms with Crippen LogP contribution in [0.5, 0.6) is 0 Å². The Labute approximate surface area is 258 Å². The number of ether oxygens (including phenoxy) is 2. The molecule has 1 saturated heterocycles. The highest BCUT2D eigenvalue weighted by Gasteiger charge is 2.66. The van der Waals surface area contributed by atoms with Gasteiger partial charge in [-0.15, -0.1) is 11.3 Å². The smallest absolute Gasteiger partial charge is 0.477 e. The molecule has 1 aliphatic carbocycles. The summed E-state index contributed by atoms with van der Waals surface area (Å²) >= 11 is 1.12. The molecule has 2 amide bonds. The summed E-state index contributed by atoms with van der Waals surface area (Å²) in [6, 6.07) is -0.698. The number of Topliss-reactive ketones (excluding diaryl/α,β-unsaturated/α-hetero) is 1. The van der Waals surface area contributed by atoms with Crippen LogP contribution in [0.4, 0.5) is 4.79 Å². The zero-order chi connectivity index (χ0) is 31.9. The fourth-order valence-electron chi connectivity index (χ4n) is 6.75. The molecule has 0 bridgehead atoms. The van der Waals surface area contributed by atoms with Crippen molar-refractivity contribution < 1.29 is 43.7 Å². The Balaban J connectivity index is 1.44. The number of nitrogens with zero attached hydrogens (tertiary/aromatic N) is 4. The molecule has 2 aliphatic heterocycles. The maximum Gasteiger partial charge on any atom is 0.508 e. The lowest BCUT2D eigenvalue weighted by atomic mass is 9.66. The van der Waals surface area contributed by atoms with Gasteiger partial charge in [-0.05, 0) is 32.1 Å². The number of imidazole rings is 1. The van der Waals surface area contributed by atoms with E-state index in [4.69, 9.17) is 9.47 Å². The number of carbonyl (C=O) groups is 5. The van der Waals surface area contributed by atoms with E-state index in [0.717, 1.165) is 37.0 Å². The molecule has 2 fully saturated rings. The molecule has 4 atom stereocenters. The first-order valence-corrected chi connectivity index (χ1v) is 15.7. The fourth-order valence-corrected chi connectivity index (χ4v) is 8.02. The van der Waals surface area contributed by atoms with E-state index in [2.05, 4.69) is 4.98 Å². The lowest BCUT2D eigenvalue weighted by molar-refractivity contribution is -0.167. The van der Waals surface area contributed by atoms with E-state index in [0.29, 0.717) is 21.2 Å². The van der Waals surface area contributed by atoms with Gasteiger partial charge in [0, 0.05) is 31.3 Å². The first-order chi connectivity index (χ1) is 20.8. The zero-order valence-electron chi connectivity index (χ0n) is 25.3. The van der Waals surface area contributed by atoms with Crippen LogP contribution in [0.15, 0.2) is 18.2 Å². The van der Waals surface area contributed by atoms with Gasteiger partial charge in [0.15, 0.2) is 5.78 Å². The van der Waals surface area contributed by atoms with Crippen LogP contribution >= 0.6 is 11.3 Å². The van der Waals surface area contributed by atoms with Crippen molar-refractivity contribution in [2.75, 3.05) is 27.3 Å². The number of aliphatic hydroxyl groups excluding tert-OH is 1. The first-order valence-electron chi connectivity index (χ1n) is 14.8. The average Bonchev–Trinajstić information content (AvgIpc) is 3.61. The van der Waals surface area contributed by atoms with Gasteiger partial charge >= 0.3 is 12.1 Å². The van der Waals surface area contributed by atoms with Crippen molar-refractivity contribution >= 4 is 51.5 Å². The number of aromatic nitrogens is 2. The number of aliphatic carboxylic acids is 1. The van der Waals surface area contributed by atoms with Gasteiger partial charge in [0.25, 0.3) is 0 Å². The van der Waals surface area contributed by atoms with Gasteiger partial charge in [-0.25, -0.2) is 14.6 Å². The lowest BCUT2D eigenvalue weighted by Gasteiger charge is -2.50. The number of rotatable bonds is 11. The van der Waals surface area contributed by atoms with Crippen molar-refractivity contribution in [2.24, 2.45) is 17.3 Å². The van der Waals surface area contributed by atoms with E-state index >= 15 is 0 Å². The van der Waals surface area contributed by atoms with Crippen molar-refractivity contribution in [3.63, 3.8) is 0 Å². The van der Waals surface area contributed by atoms with E-state index < -0.39 is 47.3 Å². The van der Waals surface area contributed by atoms with Gasteiger partial charge in [-0.1, -0.05) is 26.2 Å². The predicted octanol–water partition coefficient (Wildman–Crippen LogP) is 3.20. The summed E-state index contributed by atoms with van der Waals surface area (Å²) in [5.74, 6) is -3.21. The van der Waals surface area contributed by atoms with Crippen molar-refractivity contribution in [1.29, 1.82) is 0 Å². The van der Waals surface area contributed by atoms with E-state index in [1.54, 1.807) is 31.6 Å². The van der Waals surface area contributed by atoms with Gasteiger partial charge in [0.05, 0.1) is 42.6 Å². The zero-order valence-corrected chi connectivity index (χ0v) is 26.1. The third kappa shape index (κ3) is 5.60. The highest BCUT2D eigenvalue weighted by atomic mass is 32.1. The van der Waals surface area contributed by atoms with Gasteiger partial charge in [-0.2, -0.15) is 0 Å². The van der Waals surface area contributed by atoms with Crippen molar-refractivity contribution in [2.45, 2.75) is 70.9 Å². The van der Waals surface area contributed by atoms with E-state index in [1.807, 2.05) is 0 Å². The summed E-state index contributed by atoms with van der Waals surface area (Å²) in [5.41, 5.74) is -0.845. The number of hydrogen-bond donors (Lipinski definition) is 2. The number of carboxylic acids is 1. The Morgan fingerprint density at radius 2 is 1.89 bits per heavy atom. The Bertz CT molecular complexity index is 1520. The van der Waals surface area contributed by atoms with Crippen LogP contribution in [0.2, 0.25) is 0 Å². The normalized spacial score (nSPS) is 24.2. The fraction of sp³-hybridized carbons (Fsp3) is 0.600. The van der Waals surface area contributed by atoms with Crippen LogP contribution in [-0.2, 0) is 23.9 Å². The number of amides is 2. The first kappa shape index (κ1) is 31.6. The maximum absolute atomic E-state index is 13.2. The molecular formula is C30H38N4O9S. The van der Waals surface area contributed by atoms with Crippen LogP contribution < -0.4 is 0 Å². The minimum absolute atomic E-state index is 0.0823. The lowest BCUT2D eigenvalue weighted by Crippen LogP contribution is -2.66. The van der Waals surface area contributed by atoms with E-state index in [9.17, 15) is 34.2 Å². The Morgan fingerprint density at radius 3 is 2.52 bits per heavy atom. The summed E-state index contributed by atoms with van der Waals surface area (Å²) < 4.78 is 12.4. The summed E-state index contributed by atoms with van der Waals surface area (Å²) in [4.78, 5) is 71.0. The second-order valence-electron chi connectivity index (χ2n) is 12.3. The summed E-state index contributed by atoms with van der Waals surface area (Å²) in [6.45, 7) is 3.47. The van der Waals surface area contributed by atoms with Gasteiger partial charge in [-0.3, -0.25) is 18.8 Å². The minimum Gasteiger partial charge on any atom is -0.477 e. The van der Waals surface area contributed by atoms with Crippen molar-refractivity contribution in [1.82, 2.24) is 19.2 Å². The summed E-state index contributed by atoms with van der Waals surface area (Å²) in [5, 5.41) is 20.8. The summed E-state index contributed by atoms with van der Waals surface area (Å²) in [6.07, 6.45) is 6.41. The van der Waals surface area contributed by atoms with Crippen LogP contribution in [0, 0.1) is 17.3 Å². The van der Waals surface area contributed by atoms with Crippen LogP contribution in [0.25, 0.3) is 10.4 Å². The highest BCUT2D eigenvalue weighted by Crippen LogP contribution is 2.60. The molecule has 0 radical (unpaired) electrons. The molecule has 238 valence electrons. The molecule has 2 aromatic heterocycles. The minimum atomic E-state index is -1.32. The van der Waals surface area contributed by atoms with Crippen LogP contribution in [0.3, 0.4) is 0 Å². The van der Waals surface area contributed by atoms with E-state index in [1.165, 1.54) is 29.5 Å². The third-order valence-corrected chi connectivity index (χ3v) is 10.2. The predicted molar refractivity (Wildman–Crippen MR) is 158 cm³/mol. The number of β-lactam (4-membered cyclic amide) rings is 1. The quantitative estimate of drug-likeness (QED) is 0.163. The van der Waals surface area contributed by atoms with Gasteiger partial charge in [0.1, 0.15) is 22.5 Å². The van der Waals surface area contributed by atoms with E-state index in [-0.39, 0.29) is 43.4 Å². The molecule has 2 aromatic rings. The van der Waals surface area contributed by atoms with Crippen molar-refractivity contribution in [3.8, 4) is 0 Å². The largest absolute Gasteiger partial charge is 0.508 e. The number of fused-ring (bicyclic) bond motifs is 2. The number of carboxylic acid groups (broad SMARTS) is 1. The molecule has 13 nitrogen and oxygen atoms in total. The Hall–Kier alpha value is -3.78. The number of carbonyl (C=O) groups excluding carboxylic acids is 4. The average molecular weight is 631 g/mol. The Morgan fingerprint density at radius 1 is 1.18 bits per heavy atom. The SMILES string of the molecule is C[C@@H](O)[C@H]1C(=O)N2C(C(=O)O)=C(c3cn4cnc(C(=O)CC(=O)N(C)C)c4s3)C(C)(CCOC(=O)OCC3CCCCC3)[C@@H]12. The highest BCUT2D eigenvalue weighted by molar-refractivity contribution is 7.18. The molecule has 14 heteroatoms. The number of aliphatic hydroxyl groups is 1. The van der Waals surface area contributed by atoms with Gasteiger partial charge in [0.2, 0.25) is 11.8 Å². The second kappa shape index (κ2) is 12.3. The maximum atomic E-state index is 13.2. The van der Waals surface area contributed by atoms with Crippen molar-refractivity contribution in [3.05, 3.63) is 28.8 Å². The van der Waals surface area contributed by atoms with Gasteiger partial charge < -0.3 is 29.5 Å². The Kier molecular flexibility index (Phi) is 8.85. The molecule has 1 unspecified atom stereocenters. The molecular weight excluding hydrogens is 592 g/mol. The molecule has 2 N–H and O–H groups in total. The second-order valence-corrected chi connectivity index (χ2v) is 13.3. The molecule has 44 heavy (non-hydrogen) atoms. The molecule has 0 aromatic carbocycles. The van der Waals surface area contributed by atoms with Crippen LogP contribution in [0.1, 0.15) is 74.2 Å². The molecule has 4 heterocycles. The number of ketones is 1. The topological polar surface area (TPSA) is 168 Å². The third-order valence-electron chi connectivity index (χ3n) is 9.10.